The third-order valence-electron chi connectivity index (χ3n) is 4.78. The van der Waals surface area contributed by atoms with Crippen LogP contribution in [0.1, 0.15) is 12.8 Å². The number of carbonyl (C=O) groups excluding carboxylic acids is 1. The molecule has 1 amide bonds. The molecular weight excluding hydrogens is 406 g/mol. The van der Waals surface area contributed by atoms with Crippen LogP contribution in [0.25, 0.3) is 17.0 Å². The average Bonchev–Trinajstić information content (AvgIpc) is 3.45. The fourth-order valence-electron chi connectivity index (χ4n) is 3.23. The Morgan fingerprint density at radius 3 is 2.87 bits per heavy atom. The van der Waals surface area contributed by atoms with Crippen molar-refractivity contribution < 1.29 is 19.0 Å². The van der Waals surface area contributed by atoms with Gasteiger partial charge in [0, 0.05) is 18.7 Å². The van der Waals surface area contributed by atoms with Gasteiger partial charge in [-0.3, -0.25) is 4.79 Å². The number of carbonyl (C=O) groups is 1. The number of hydrogen-bond acceptors (Lipinski definition) is 8. The van der Waals surface area contributed by atoms with Gasteiger partial charge in [-0.05, 0) is 43.2 Å². The highest BCUT2D eigenvalue weighted by molar-refractivity contribution is 7.99. The van der Waals surface area contributed by atoms with E-state index in [-0.39, 0.29) is 17.8 Å². The highest BCUT2D eigenvalue weighted by Crippen LogP contribution is 2.31. The number of aromatic nitrogens is 4. The maximum Gasteiger partial charge on any atom is 0.230 e. The van der Waals surface area contributed by atoms with Gasteiger partial charge < -0.3 is 19.5 Å². The van der Waals surface area contributed by atoms with Crippen LogP contribution in [0.4, 0.5) is 0 Å². The summed E-state index contributed by atoms with van der Waals surface area (Å²) in [7, 11) is 3.17. The second kappa shape index (κ2) is 9.31. The fourth-order valence-corrected chi connectivity index (χ4v) is 3.91. The van der Waals surface area contributed by atoms with E-state index in [4.69, 9.17) is 14.2 Å². The summed E-state index contributed by atoms with van der Waals surface area (Å²) in [6.45, 7) is 1.33. The molecule has 3 heterocycles. The molecule has 10 heteroatoms. The number of methoxy groups -OCH3 is 2. The summed E-state index contributed by atoms with van der Waals surface area (Å²) in [6, 6.07) is 9.18. The third-order valence-corrected chi connectivity index (χ3v) is 5.70. The lowest BCUT2D eigenvalue weighted by atomic mass is 10.2. The van der Waals surface area contributed by atoms with Crippen LogP contribution >= 0.6 is 11.8 Å². The third kappa shape index (κ3) is 4.49. The van der Waals surface area contributed by atoms with Crippen LogP contribution in [0.3, 0.4) is 0 Å². The van der Waals surface area contributed by atoms with Crippen molar-refractivity contribution in [2.45, 2.75) is 24.0 Å². The SMILES string of the molecule is COc1ccc(-c2nnc3ccc(SCC(=O)NC[C@H]4CCCO4)nn23)cc1OC. The zero-order chi connectivity index (χ0) is 20.9. The summed E-state index contributed by atoms with van der Waals surface area (Å²) in [5.74, 6) is 2.05. The standard InChI is InChI=1S/C20H23N5O4S/c1-27-15-6-5-13(10-16(15)28-2)20-23-22-17-7-8-19(24-25(17)20)30-12-18(26)21-11-14-4-3-9-29-14/h5-8,10,14H,3-4,9,11-12H2,1-2H3,(H,21,26)/t14-/m1/s1. The predicted octanol–water partition coefficient (Wildman–Crippen LogP) is 2.20. The minimum Gasteiger partial charge on any atom is -0.493 e. The van der Waals surface area contributed by atoms with Crippen LogP contribution in [0, 0.1) is 0 Å². The number of fused-ring (bicyclic) bond motifs is 1. The lowest BCUT2D eigenvalue weighted by Crippen LogP contribution is -2.32. The Balaban J connectivity index is 1.47. The molecule has 1 aliphatic heterocycles. The van der Waals surface area contributed by atoms with E-state index in [2.05, 4.69) is 20.6 Å². The molecule has 0 unspecified atom stereocenters. The lowest BCUT2D eigenvalue weighted by molar-refractivity contribution is -0.119. The molecule has 30 heavy (non-hydrogen) atoms. The van der Waals surface area contributed by atoms with E-state index in [9.17, 15) is 4.79 Å². The molecule has 0 bridgehead atoms. The number of hydrogen-bond donors (Lipinski definition) is 1. The molecule has 158 valence electrons. The van der Waals surface area contributed by atoms with Gasteiger partial charge in [0.2, 0.25) is 5.91 Å². The molecular formula is C20H23N5O4S. The zero-order valence-electron chi connectivity index (χ0n) is 16.8. The molecule has 1 aliphatic rings. The molecule has 3 aromatic rings. The maximum absolute atomic E-state index is 12.1. The number of nitrogens with one attached hydrogen (secondary N) is 1. The van der Waals surface area contributed by atoms with Gasteiger partial charge in [-0.1, -0.05) is 11.8 Å². The van der Waals surface area contributed by atoms with Crippen molar-refractivity contribution in [1.29, 1.82) is 0 Å². The quantitative estimate of drug-likeness (QED) is 0.544. The first kappa shape index (κ1) is 20.4. The van der Waals surface area contributed by atoms with Crippen LogP contribution in [0.2, 0.25) is 0 Å². The van der Waals surface area contributed by atoms with Crippen LogP contribution in [0.5, 0.6) is 11.5 Å². The second-order valence-electron chi connectivity index (χ2n) is 6.76. The molecule has 0 saturated carbocycles. The number of amides is 1. The van der Waals surface area contributed by atoms with Crippen molar-refractivity contribution in [2.75, 3.05) is 33.1 Å². The topological polar surface area (TPSA) is 99.9 Å². The summed E-state index contributed by atoms with van der Waals surface area (Å²) in [6.07, 6.45) is 2.19. The molecule has 1 fully saturated rings. The first-order valence-corrected chi connectivity index (χ1v) is 10.6. The van der Waals surface area contributed by atoms with E-state index in [0.29, 0.717) is 34.5 Å². The Bertz CT molecular complexity index is 1040. The van der Waals surface area contributed by atoms with Gasteiger partial charge in [-0.15, -0.1) is 10.2 Å². The van der Waals surface area contributed by atoms with Gasteiger partial charge in [0.25, 0.3) is 0 Å². The number of ether oxygens (including phenoxy) is 3. The smallest absolute Gasteiger partial charge is 0.230 e. The van der Waals surface area contributed by atoms with Crippen LogP contribution < -0.4 is 14.8 Å². The number of benzene rings is 1. The van der Waals surface area contributed by atoms with Gasteiger partial charge >= 0.3 is 0 Å². The number of nitrogens with zero attached hydrogens (tertiary/aromatic N) is 4. The van der Waals surface area contributed by atoms with Crippen molar-refractivity contribution >= 4 is 23.3 Å². The highest BCUT2D eigenvalue weighted by Gasteiger charge is 2.17. The van der Waals surface area contributed by atoms with Crippen LogP contribution in [0.15, 0.2) is 35.4 Å². The summed E-state index contributed by atoms with van der Waals surface area (Å²) >= 11 is 1.36. The molecule has 1 saturated heterocycles. The Labute approximate surface area is 178 Å². The van der Waals surface area contributed by atoms with Crippen LogP contribution in [-0.4, -0.2) is 64.9 Å². The second-order valence-corrected chi connectivity index (χ2v) is 7.76. The zero-order valence-corrected chi connectivity index (χ0v) is 17.6. The Morgan fingerprint density at radius 1 is 1.23 bits per heavy atom. The molecule has 1 N–H and O–H groups in total. The summed E-state index contributed by atoms with van der Waals surface area (Å²) in [4.78, 5) is 12.1. The molecule has 1 aromatic carbocycles. The average molecular weight is 430 g/mol. The molecule has 1 atom stereocenters. The Kier molecular flexibility index (Phi) is 6.34. The monoisotopic (exact) mass is 429 g/mol. The maximum atomic E-state index is 12.1. The minimum atomic E-state index is -0.0405. The van der Waals surface area contributed by atoms with Gasteiger partial charge in [-0.25, -0.2) is 0 Å². The van der Waals surface area contributed by atoms with E-state index < -0.39 is 0 Å². The molecule has 2 aromatic heterocycles. The highest BCUT2D eigenvalue weighted by atomic mass is 32.2. The molecule has 0 aliphatic carbocycles. The predicted molar refractivity (Wildman–Crippen MR) is 112 cm³/mol. The largest absolute Gasteiger partial charge is 0.493 e. The fraction of sp³-hybridized carbons (Fsp3) is 0.400. The Morgan fingerprint density at radius 2 is 2.10 bits per heavy atom. The Hall–Kier alpha value is -2.85. The van der Waals surface area contributed by atoms with E-state index in [0.717, 1.165) is 25.0 Å². The first-order chi connectivity index (χ1) is 14.7. The van der Waals surface area contributed by atoms with Crippen molar-refractivity contribution in [2.24, 2.45) is 0 Å². The van der Waals surface area contributed by atoms with E-state index in [1.165, 1.54) is 11.8 Å². The molecule has 0 spiro atoms. The summed E-state index contributed by atoms with van der Waals surface area (Å²) < 4.78 is 17.8. The molecule has 4 rings (SSSR count). The van der Waals surface area contributed by atoms with Crippen molar-refractivity contribution in [3.05, 3.63) is 30.3 Å². The molecule has 0 radical (unpaired) electrons. The summed E-state index contributed by atoms with van der Waals surface area (Å²) in [5, 5.41) is 16.7. The number of thioether (sulfide) groups is 1. The van der Waals surface area contributed by atoms with Gasteiger partial charge in [0.1, 0.15) is 5.03 Å². The van der Waals surface area contributed by atoms with Gasteiger partial charge in [0.15, 0.2) is 23.0 Å². The van der Waals surface area contributed by atoms with Gasteiger partial charge in [0.05, 0.1) is 26.1 Å². The van der Waals surface area contributed by atoms with E-state index >= 15 is 0 Å². The first-order valence-electron chi connectivity index (χ1n) is 9.64. The van der Waals surface area contributed by atoms with E-state index in [1.54, 1.807) is 18.7 Å². The van der Waals surface area contributed by atoms with Gasteiger partial charge in [-0.2, -0.15) is 9.61 Å². The van der Waals surface area contributed by atoms with E-state index in [1.807, 2.05) is 30.3 Å². The van der Waals surface area contributed by atoms with Crippen molar-refractivity contribution in [1.82, 2.24) is 25.1 Å². The molecule has 9 nitrogen and oxygen atoms in total. The minimum absolute atomic E-state index is 0.0405. The number of rotatable bonds is 8. The lowest BCUT2D eigenvalue weighted by Gasteiger charge is -2.10. The van der Waals surface area contributed by atoms with Crippen molar-refractivity contribution in [3.63, 3.8) is 0 Å². The van der Waals surface area contributed by atoms with Crippen LogP contribution in [-0.2, 0) is 9.53 Å². The van der Waals surface area contributed by atoms with Crippen molar-refractivity contribution in [3.8, 4) is 22.9 Å². The summed E-state index contributed by atoms with van der Waals surface area (Å²) in [5.41, 5.74) is 1.41. The normalized spacial score (nSPS) is 16.0.